The second kappa shape index (κ2) is 9.10. The molecule has 0 bridgehead atoms. The van der Waals surface area contributed by atoms with Gasteiger partial charge >= 0.3 is 6.03 Å². The number of carbonyl (C=O) groups is 1. The molecular formula is C16H26N8O4. The van der Waals surface area contributed by atoms with Crippen molar-refractivity contribution in [3.05, 3.63) is 12.7 Å². The SMILES string of the molecule is CCNC(=O)NCCCNC[C@H]1O[C@@H](n2cnc3c(N)ncnc32)[C@H](O)[C@@H]1O. The molecule has 28 heavy (non-hydrogen) atoms. The number of ether oxygens (including phenoxy) is 1. The number of imidazole rings is 1. The molecule has 2 amide bonds. The van der Waals surface area contributed by atoms with Crippen molar-refractivity contribution in [2.45, 2.75) is 37.9 Å². The fourth-order valence-electron chi connectivity index (χ4n) is 3.07. The lowest BCUT2D eigenvalue weighted by Gasteiger charge is -2.16. The number of urea groups is 1. The lowest BCUT2D eigenvalue weighted by Crippen LogP contribution is -2.39. The third-order valence-electron chi connectivity index (χ3n) is 4.50. The van der Waals surface area contributed by atoms with Crippen molar-refractivity contribution in [1.29, 1.82) is 0 Å². The van der Waals surface area contributed by atoms with Gasteiger partial charge in [0.25, 0.3) is 0 Å². The van der Waals surface area contributed by atoms with Crippen molar-refractivity contribution in [3.63, 3.8) is 0 Å². The van der Waals surface area contributed by atoms with Gasteiger partial charge in [-0.2, -0.15) is 0 Å². The first-order chi connectivity index (χ1) is 13.5. The van der Waals surface area contributed by atoms with Crippen LogP contribution in [-0.2, 0) is 4.74 Å². The summed E-state index contributed by atoms with van der Waals surface area (Å²) in [5.41, 5.74) is 6.61. The number of nitrogens with zero attached hydrogens (tertiary/aromatic N) is 4. The zero-order chi connectivity index (χ0) is 20.1. The van der Waals surface area contributed by atoms with Crippen LogP contribution in [0.3, 0.4) is 0 Å². The maximum Gasteiger partial charge on any atom is 0.314 e. The Labute approximate surface area is 161 Å². The van der Waals surface area contributed by atoms with E-state index in [2.05, 4.69) is 30.9 Å². The number of carbonyl (C=O) groups excluding carboxylic acids is 1. The molecule has 0 spiro atoms. The van der Waals surface area contributed by atoms with Crippen molar-refractivity contribution in [2.75, 3.05) is 31.9 Å². The normalized spacial score (nSPS) is 24.5. The van der Waals surface area contributed by atoms with Crippen LogP contribution in [0.2, 0.25) is 0 Å². The zero-order valence-corrected chi connectivity index (χ0v) is 15.6. The van der Waals surface area contributed by atoms with E-state index in [1.165, 1.54) is 17.2 Å². The predicted molar refractivity (Wildman–Crippen MR) is 100 cm³/mol. The Bertz CT molecular complexity index is 800. The standard InChI is InChI=1S/C16H26N8O4/c1-2-19-16(27)20-5-3-4-18-6-9-11(25)12(26)15(28-9)24-8-23-10-13(17)21-7-22-14(10)24/h7-9,11-12,15,18,25-26H,2-6H2,1H3,(H2,17,21,22)(H2,19,20,27)/t9-,11-,12-,15-/m1/s1. The summed E-state index contributed by atoms with van der Waals surface area (Å²) in [6, 6.07) is -0.194. The number of nitrogens with one attached hydrogen (secondary N) is 3. The van der Waals surface area contributed by atoms with E-state index in [1.54, 1.807) is 0 Å². The number of nitrogens with two attached hydrogens (primary N) is 1. The van der Waals surface area contributed by atoms with Crippen molar-refractivity contribution in [1.82, 2.24) is 35.5 Å². The number of rotatable bonds is 8. The van der Waals surface area contributed by atoms with E-state index in [-0.39, 0.29) is 11.8 Å². The number of anilines is 1. The summed E-state index contributed by atoms with van der Waals surface area (Å²) in [7, 11) is 0. The Morgan fingerprint density at radius 2 is 2.07 bits per heavy atom. The van der Waals surface area contributed by atoms with Crippen molar-refractivity contribution in [3.8, 4) is 0 Å². The number of nitrogen functional groups attached to an aromatic ring is 1. The third kappa shape index (κ3) is 4.30. The van der Waals surface area contributed by atoms with E-state index < -0.39 is 24.5 Å². The molecule has 1 fully saturated rings. The molecule has 0 radical (unpaired) electrons. The fourth-order valence-corrected chi connectivity index (χ4v) is 3.07. The minimum atomic E-state index is -1.14. The highest BCUT2D eigenvalue weighted by atomic mass is 16.6. The van der Waals surface area contributed by atoms with E-state index >= 15 is 0 Å². The molecule has 4 atom stereocenters. The van der Waals surface area contributed by atoms with Crippen LogP contribution in [0.15, 0.2) is 12.7 Å². The van der Waals surface area contributed by atoms with Crippen LogP contribution < -0.4 is 21.7 Å². The number of aliphatic hydroxyl groups excluding tert-OH is 2. The minimum Gasteiger partial charge on any atom is -0.387 e. The maximum absolute atomic E-state index is 11.3. The van der Waals surface area contributed by atoms with Gasteiger partial charge in [0, 0.05) is 19.6 Å². The average molecular weight is 394 g/mol. The van der Waals surface area contributed by atoms with Gasteiger partial charge in [-0.05, 0) is 19.9 Å². The summed E-state index contributed by atoms with van der Waals surface area (Å²) >= 11 is 0. The van der Waals surface area contributed by atoms with Gasteiger partial charge in [0.05, 0.1) is 6.33 Å². The summed E-state index contributed by atoms with van der Waals surface area (Å²) in [4.78, 5) is 23.5. The Balaban J connectivity index is 1.50. The van der Waals surface area contributed by atoms with E-state index in [1.807, 2.05) is 6.92 Å². The third-order valence-corrected chi connectivity index (χ3v) is 4.50. The second-order valence-corrected chi connectivity index (χ2v) is 6.47. The summed E-state index contributed by atoms with van der Waals surface area (Å²) in [5.74, 6) is 0.233. The quantitative estimate of drug-likeness (QED) is 0.286. The molecule has 3 rings (SSSR count). The molecule has 0 saturated carbocycles. The molecule has 0 aromatic carbocycles. The van der Waals surface area contributed by atoms with Gasteiger partial charge in [-0.1, -0.05) is 0 Å². The molecule has 12 heteroatoms. The Morgan fingerprint density at radius 1 is 1.25 bits per heavy atom. The van der Waals surface area contributed by atoms with E-state index in [9.17, 15) is 15.0 Å². The summed E-state index contributed by atoms with van der Waals surface area (Å²) < 4.78 is 7.37. The van der Waals surface area contributed by atoms with E-state index in [4.69, 9.17) is 10.5 Å². The van der Waals surface area contributed by atoms with Crippen molar-refractivity contribution >= 4 is 23.0 Å². The first-order valence-electron chi connectivity index (χ1n) is 9.20. The van der Waals surface area contributed by atoms with Crippen LogP contribution in [0.4, 0.5) is 10.6 Å². The molecule has 1 aliphatic rings. The number of hydrogen-bond acceptors (Lipinski definition) is 9. The summed E-state index contributed by atoms with van der Waals surface area (Å²) in [6.07, 6.45) is -0.162. The lowest BCUT2D eigenvalue weighted by atomic mass is 10.1. The Hall–Kier alpha value is -2.54. The monoisotopic (exact) mass is 394 g/mol. The first kappa shape index (κ1) is 20.2. The van der Waals surface area contributed by atoms with E-state index in [0.29, 0.717) is 43.8 Å². The molecule has 7 N–H and O–H groups in total. The van der Waals surface area contributed by atoms with Gasteiger partial charge in [-0.15, -0.1) is 0 Å². The number of hydrogen-bond donors (Lipinski definition) is 6. The smallest absolute Gasteiger partial charge is 0.314 e. The molecular weight excluding hydrogens is 368 g/mol. The molecule has 3 heterocycles. The highest BCUT2D eigenvalue weighted by molar-refractivity contribution is 5.81. The van der Waals surface area contributed by atoms with Gasteiger partial charge in [0.2, 0.25) is 0 Å². The van der Waals surface area contributed by atoms with Crippen LogP contribution in [0.1, 0.15) is 19.6 Å². The molecule has 1 saturated heterocycles. The predicted octanol–water partition coefficient (Wildman–Crippen LogP) is -1.67. The fraction of sp³-hybridized carbons (Fsp3) is 0.625. The topological polar surface area (TPSA) is 172 Å². The van der Waals surface area contributed by atoms with Gasteiger partial charge in [0.1, 0.15) is 30.2 Å². The second-order valence-electron chi connectivity index (χ2n) is 6.47. The van der Waals surface area contributed by atoms with Gasteiger partial charge in [-0.25, -0.2) is 19.7 Å². The number of amides is 2. The molecule has 0 unspecified atom stereocenters. The van der Waals surface area contributed by atoms with Crippen LogP contribution in [0.5, 0.6) is 0 Å². The molecule has 154 valence electrons. The van der Waals surface area contributed by atoms with Crippen LogP contribution in [0.25, 0.3) is 11.2 Å². The van der Waals surface area contributed by atoms with Gasteiger partial charge in [0.15, 0.2) is 17.7 Å². The molecule has 2 aromatic rings. The number of aliphatic hydroxyl groups is 2. The zero-order valence-electron chi connectivity index (χ0n) is 15.6. The summed E-state index contributed by atoms with van der Waals surface area (Å²) in [6.45, 7) is 3.93. The Kier molecular flexibility index (Phi) is 6.57. The molecule has 12 nitrogen and oxygen atoms in total. The van der Waals surface area contributed by atoms with Crippen LogP contribution >= 0.6 is 0 Å². The first-order valence-corrected chi connectivity index (χ1v) is 9.20. The van der Waals surface area contributed by atoms with E-state index in [0.717, 1.165) is 0 Å². The highest BCUT2D eigenvalue weighted by Gasteiger charge is 2.44. The van der Waals surface area contributed by atoms with Gasteiger partial charge in [-0.3, -0.25) is 4.57 Å². The minimum absolute atomic E-state index is 0.194. The molecule has 2 aromatic heterocycles. The van der Waals surface area contributed by atoms with Crippen LogP contribution in [-0.4, -0.2) is 80.3 Å². The molecule has 0 aliphatic carbocycles. The lowest BCUT2D eigenvalue weighted by molar-refractivity contribution is -0.0341. The number of fused-ring (bicyclic) bond motifs is 1. The highest BCUT2D eigenvalue weighted by Crippen LogP contribution is 2.31. The largest absolute Gasteiger partial charge is 0.387 e. The van der Waals surface area contributed by atoms with Gasteiger partial charge < -0.3 is 36.6 Å². The molecule has 1 aliphatic heterocycles. The summed E-state index contributed by atoms with van der Waals surface area (Å²) in [5, 5.41) is 29.3. The Morgan fingerprint density at radius 3 is 2.86 bits per heavy atom. The van der Waals surface area contributed by atoms with Crippen molar-refractivity contribution < 1.29 is 19.7 Å². The van der Waals surface area contributed by atoms with Crippen LogP contribution in [0, 0.1) is 0 Å². The number of aromatic nitrogens is 4. The average Bonchev–Trinajstić information content (AvgIpc) is 3.22. The maximum atomic E-state index is 11.3. The van der Waals surface area contributed by atoms with Crippen molar-refractivity contribution in [2.24, 2.45) is 0 Å².